The molecule has 0 saturated heterocycles. The smallest absolute Gasteiger partial charge is 0.272 e. The maximum atomic E-state index is 10.9. The number of hydrogen-bond donors (Lipinski definition) is 3. The summed E-state index contributed by atoms with van der Waals surface area (Å²) in [5, 5.41) is 9.96. The van der Waals surface area contributed by atoms with Crippen LogP contribution in [0.3, 0.4) is 0 Å². The van der Waals surface area contributed by atoms with E-state index in [9.17, 15) is 9.90 Å². The standard InChI is InChI=1S/C10H8ClN3O2/c11-6-3-1-5(2-4-6)9-13-7(8(12)15)10(16)14-9/h1-4,16H,(H2,12,15)(H,13,14). The zero-order valence-electron chi connectivity index (χ0n) is 8.07. The van der Waals surface area contributed by atoms with E-state index in [1.54, 1.807) is 24.3 Å². The highest BCUT2D eigenvalue weighted by Gasteiger charge is 2.14. The van der Waals surface area contributed by atoms with Gasteiger partial charge < -0.3 is 15.8 Å². The van der Waals surface area contributed by atoms with E-state index in [1.165, 1.54) is 0 Å². The molecule has 1 amide bonds. The molecule has 0 fully saturated rings. The highest BCUT2D eigenvalue weighted by Crippen LogP contribution is 2.22. The predicted molar refractivity (Wildman–Crippen MR) is 59.2 cm³/mol. The minimum Gasteiger partial charge on any atom is -0.493 e. The fraction of sp³-hybridized carbons (Fsp3) is 0. The molecule has 0 saturated carbocycles. The Morgan fingerprint density at radius 2 is 2.00 bits per heavy atom. The lowest BCUT2D eigenvalue weighted by molar-refractivity contribution is 0.0993. The first-order valence-electron chi connectivity index (χ1n) is 4.42. The molecule has 1 heterocycles. The first-order chi connectivity index (χ1) is 7.58. The molecule has 0 atom stereocenters. The predicted octanol–water partition coefficient (Wildman–Crippen LogP) is 1.53. The Morgan fingerprint density at radius 1 is 1.38 bits per heavy atom. The number of carbonyl (C=O) groups excluding carboxylic acids is 1. The highest BCUT2D eigenvalue weighted by atomic mass is 35.5. The average Bonchev–Trinajstić information content (AvgIpc) is 2.61. The Balaban J connectivity index is 2.45. The number of aromatic nitrogens is 2. The van der Waals surface area contributed by atoms with E-state index in [2.05, 4.69) is 9.97 Å². The Morgan fingerprint density at radius 3 is 2.50 bits per heavy atom. The van der Waals surface area contributed by atoms with Gasteiger partial charge in [0.25, 0.3) is 5.91 Å². The number of H-pyrrole nitrogens is 1. The van der Waals surface area contributed by atoms with Gasteiger partial charge >= 0.3 is 0 Å². The molecule has 0 aliphatic heterocycles. The van der Waals surface area contributed by atoms with Gasteiger partial charge in [-0.05, 0) is 24.3 Å². The maximum Gasteiger partial charge on any atom is 0.272 e. The summed E-state index contributed by atoms with van der Waals surface area (Å²) in [5.74, 6) is -0.755. The van der Waals surface area contributed by atoms with Crippen molar-refractivity contribution in [2.24, 2.45) is 5.73 Å². The molecular weight excluding hydrogens is 230 g/mol. The zero-order valence-corrected chi connectivity index (χ0v) is 8.82. The van der Waals surface area contributed by atoms with Gasteiger partial charge in [-0.1, -0.05) is 11.6 Å². The molecular formula is C10H8ClN3O2. The number of aromatic amines is 1. The molecule has 2 aromatic rings. The minimum atomic E-state index is -0.783. The summed E-state index contributed by atoms with van der Waals surface area (Å²) in [4.78, 5) is 17.3. The number of halogens is 1. The number of carbonyl (C=O) groups is 1. The van der Waals surface area contributed by atoms with E-state index in [-0.39, 0.29) is 11.6 Å². The quantitative estimate of drug-likeness (QED) is 0.740. The van der Waals surface area contributed by atoms with E-state index in [4.69, 9.17) is 17.3 Å². The van der Waals surface area contributed by atoms with E-state index in [0.717, 1.165) is 0 Å². The molecule has 0 aliphatic carbocycles. The SMILES string of the molecule is NC(=O)c1nc(-c2ccc(Cl)cc2)[nH]c1O. The van der Waals surface area contributed by atoms with Crippen molar-refractivity contribution >= 4 is 17.5 Å². The number of amides is 1. The van der Waals surface area contributed by atoms with Gasteiger partial charge in [-0.15, -0.1) is 0 Å². The number of benzene rings is 1. The lowest BCUT2D eigenvalue weighted by Gasteiger charge is -1.95. The second-order valence-corrected chi connectivity index (χ2v) is 3.59. The third-order valence-corrected chi connectivity index (χ3v) is 2.29. The molecule has 0 aliphatic rings. The van der Waals surface area contributed by atoms with Crippen molar-refractivity contribution in [3.05, 3.63) is 35.0 Å². The fourth-order valence-electron chi connectivity index (χ4n) is 1.28. The van der Waals surface area contributed by atoms with Crippen molar-refractivity contribution < 1.29 is 9.90 Å². The first kappa shape index (κ1) is 10.5. The summed E-state index contributed by atoms with van der Waals surface area (Å²) < 4.78 is 0. The topological polar surface area (TPSA) is 92.0 Å². The van der Waals surface area contributed by atoms with Gasteiger partial charge in [0.1, 0.15) is 5.82 Å². The van der Waals surface area contributed by atoms with E-state index in [1.807, 2.05) is 0 Å². The van der Waals surface area contributed by atoms with Gasteiger partial charge in [0.05, 0.1) is 0 Å². The van der Waals surface area contributed by atoms with Crippen LogP contribution in [0, 0.1) is 0 Å². The largest absolute Gasteiger partial charge is 0.493 e. The number of hydrogen-bond acceptors (Lipinski definition) is 3. The van der Waals surface area contributed by atoms with Crippen LogP contribution in [0.15, 0.2) is 24.3 Å². The number of nitrogens with two attached hydrogens (primary N) is 1. The summed E-state index contributed by atoms with van der Waals surface area (Å²) in [5.41, 5.74) is 5.55. The molecule has 1 aromatic carbocycles. The van der Waals surface area contributed by atoms with Crippen molar-refractivity contribution in [3.8, 4) is 17.3 Å². The normalized spacial score (nSPS) is 10.3. The van der Waals surface area contributed by atoms with Crippen molar-refractivity contribution in [1.82, 2.24) is 9.97 Å². The summed E-state index contributed by atoms with van der Waals surface area (Å²) in [6.45, 7) is 0. The molecule has 0 bridgehead atoms. The van der Waals surface area contributed by atoms with E-state index in [0.29, 0.717) is 16.4 Å². The summed E-state index contributed by atoms with van der Waals surface area (Å²) in [7, 11) is 0. The second-order valence-electron chi connectivity index (χ2n) is 3.15. The number of nitrogens with one attached hydrogen (secondary N) is 1. The summed E-state index contributed by atoms with van der Waals surface area (Å²) >= 11 is 5.73. The molecule has 0 radical (unpaired) electrons. The van der Waals surface area contributed by atoms with Crippen molar-refractivity contribution in [2.45, 2.75) is 0 Å². The van der Waals surface area contributed by atoms with E-state index >= 15 is 0 Å². The van der Waals surface area contributed by atoms with Gasteiger partial charge in [-0.3, -0.25) is 4.79 Å². The monoisotopic (exact) mass is 237 g/mol. The molecule has 1 aromatic heterocycles. The molecule has 0 unspecified atom stereocenters. The van der Waals surface area contributed by atoms with Crippen LogP contribution in [0.5, 0.6) is 5.88 Å². The molecule has 2 rings (SSSR count). The number of aromatic hydroxyl groups is 1. The molecule has 16 heavy (non-hydrogen) atoms. The lowest BCUT2D eigenvalue weighted by atomic mass is 10.2. The maximum absolute atomic E-state index is 10.9. The van der Waals surface area contributed by atoms with Crippen LogP contribution in [-0.2, 0) is 0 Å². The minimum absolute atomic E-state index is 0.176. The van der Waals surface area contributed by atoms with Crippen LogP contribution in [-0.4, -0.2) is 21.0 Å². The molecule has 82 valence electrons. The number of primary amides is 1. The van der Waals surface area contributed by atoms with Crippen molar-refractivity contribution in [1.29, 1.82) is 0 Å². The van der Waals surface area contributed by atoms with Gasteiger partial charge in [0.2, 0.25) is 5.88 Å². The van der Waals surface area contributed by atoms with Crippen LogP contribution >= 0.6 is 11.6 Å². The van der Waals surface area contributed by atoms with Crippen LogP contribution in [0.25, 0.3) is 11.4 Å². The Labute approximate surface area is 95.9 Å². The lowest BCUT2D eigenvalue weighted by Crippen LogP contribution is -2.11. The van der Waals surface area contributed by atoms with Crippen molar-refractivity contribution in [2.75, 3.05) is 0 Å². The number of nitrogens with zero attached hydrogens (tertiary/aromatic N) is 1. The summed E-state index contributed by atoms with van der Waals surface area (Å²) in [6, 6.07) is 6.79. The Bertz CT molecular complexity index is 533. The zero-order chi connectivity index (χ0) is 11.7. The molecule has 5 nitrogen and oxygen atoms in total. The molecule has 4 N–H and O–H groups in total. The second kappa shape index (κ2) is 3.86. The van der Waals surface area contributed by atoms with Crippen LogP contribution in [0.1, 0.15) is 10.5 Å². The number of imidazole rings is 1. The van der Waals surface area contributed by atoms with Crippen LogP contribution < -0.4 is 5.73 Å². The number of rotatable bonds is 2. The molecule has 6 heteroatoms. The third-order valence-electron chi connectivity index (χ3n) is 2.04. The fourth-order valence-corrected chi connectivity index (χ4v) is 1.41. The Hall–Kier alpha value is -2.01. The summed E-state index contributed by atoms with van der Waals surface area (Å²) in [6.07, 6.45) is 0. The van der Waals surface area contributed by atoms with Crippen LogP contribution in [0.2, 0.25) is 5.02 Å². The van der Waals surface area contributed by atoms with Gasteiger partial charge in [-0.25, -0.2) is 4.98 Å². The highest BCUT2D eigenvalue weighted by molar-refractivity contribution is 6.30. The Kier molecular flexibility index (Phi) is 2.54. The van der Waals surface area contributed by atoms with Crippen LogP contribution in [0.4, 0.5) is 0 Å². The molecule has 0 spiro atoms. The third kappa shape index (κ3) is 1.85. The van der Waals surface area contributed by atoms with E-state index < -0.39 is 5.91 Å². The first-order valence-corrected chi connectivity index (χ1v) is 4.80. The van der Waals surface area contributed by atoms with Gasteiger partial charge in [0.15, 0.2) is 5.69 Å². The van der Waals surface area contributed by atoms with Crippen molar-refractivity contribution in [3.63, 3.8) is 0 Å². The average molecular weight is 238 g/mol. The van der Waals surface area contributed by atoms with Gasteiger partial charge in [0, 0.05) is 10.6 Å². The van der Waals surface area contributed by atoms with Gasteiger partial charge in [-0.2, -0.15) is 0 Å².